The van der Waals surface area contributed by atoms with E-state index in [1.807, 2.05) is 36.5 Å². The van der Waals surface area contributed by atoms with E-state index in [2.05, 4.69) is 71.7 Å². The largest absolute Gasteiger partial charge is 0.351 e. The lowest BCUT2D eigenvalue weighted by atomic mass is 9.96. The second-order valence-corrected chi connectivity index (χ2v) is 10.3. The molecule has 0 aliphatic carbocycles. The van der Waals surface area contributed by atoms with Crippen LogP contribution in [0.1, 0.15) is 45.9 Å². The molecule has 1 aliphatic rings. The highest BCUT2D eigenvalue weighted by Gasteiger charge is 2.42. The van der Waals surface area contributed by atoms with Crippen molar-refractivity contribution < 1.29 is 0 Å². The van der Waals surface area contributed by atoms with E-state index in [0.29, 0.717) is 15.2 Å². The normalized spacial score (nSPS) is 17.7. The number of aryl methyl sites for hydroxylation is 3. The smallest absolute Gasteiger partial charge is 0.174 e. The number of hydrogen-bond donors (Lipinski definition) is 1. The Bertz CT molecular complexity index is 1430. The third-order valence-electron chi connectivity index (χ3n) is 6.81. The SMILES string of the molecule is Cc1ccc(N2C(=S)N[C@@H](c3ccccn3)[C@@H]2c2cc(C)n(-c3ccc(Cl)cc3Cl)c2C)cc1C. The molecular formula is C28H26Cl2N4S. The minimum absolute atomic E-state index is 0.0921. The Kier molecular flexibility index (Phi) is 6.34. The van der Waals surface area contributed by atoms with Crippen molar-refractivity contribution in [2.75, 3.05) is 4.90 Å². The highest BCUT2D eigenvalue weighted by Crippen LogP contribution is 2.44. The maximum absolute atomic E-state index is 6.62. The number of thiocarbonyl (C=S) groups is 1. The molecule has 0 bridgehead atoms. The molecule has 0 amide bonds. The first-order chi connectivity index (χ1) is 16.8. The maximum atomic E-state index is 6.62. The number of aromatic nitrogens is 2. The molecule has 7 heteroatoms. The van der Waals surface area contributed by atoms with E-state index in [-0.39, 0.29) is 12.1 Å². The highest BCUT2D eigenvalue weighted by atomic mass is 35.5. The van der Waals surface area contributed by atoms with Crippen LogP contribution >= 0.6 is 35.4 Å². The molecule has 1 saturated heterocycles. The van der Waals surface area contributed by atoms with Crippen molar-refractivity contribution in [3.8, 4) is 5.69 Å². The Morgan fingerprint density at radius 2 is 1.71 bits per heavy atom. The number of nitrogens with zero attached hydrogens (tertiary/aromatic N) is 3. The van der Waals surface area contributed by atoms with Crippen LogP contribution in [0.5, 0.6) is 0 Å². The zero-order valence-electron chi connectivity index (χ0n) is 20.0. The Morgan fingerprint density at radius 1 is 0.914 bits per heavy atom. The van der Waals surface area contributed by atoms with Crippen LogP contribution in [0, 0.1) is 27.7 Å². The third-order valence-corrected chi connectivity index (χ3v) is 7.66. The Labute approximate surface area is 221 Å². The molecule has 0 unspecified atom stereocenters. The summed E-state index contributed by atoms with van der Waals surface area (Å²) in [6.07, 6.45) is 1.83. The lowest BCUT2D eigenvalue weighted by Crippen LogP contribution is -2.29. The number of nitrogens with one attached hydrogen (secondary N) is 1. The van der Waals surface area contributed by atoms with Crippen LogP contribution in [0.25, 0.3) is 5.69 Å². The summed E-state index contributed by atoms with van der Waals surface area (Å²) < 4.78 is 2.18. The first kappa shape index (κ1) is 23.9. The molecule has 1 fully saturated rings. The lowest BCUT2D eigenvalue weighted by Gasteiger charge is -2.28. The molecule has 2 aromatic heterocycles. The summed E-state index contributed by atoms with van der Waals surface area (Å²) in [6.45, 7) is 8.48. The molecular weight excluding hydrogens is 495 g/mol. The Hall–Kier alpha value is -2.86. The predicted octanol–water partition coefficient (Wildman–Crippen LogP) is 7.59. The van der Waals surface area contributed by atoms with Crippen molar-refractivity contribution in [2.45, 2.75) is 39.8 Å². The molecule has 35 heavy (non-hydrogen) atoms. The van der Waals surface area contributed by atoms with Crippen LogP contribution in [0.15, 0.2) is 66.9 Å². The molecule has 0 radical (unpaired) electrons. The Balaban J connectivity index is 1.70. The number of benzene rings is 2. The summed E-state index contributed by atoms with van der Waals surface area (Å²) in [5.41, 5.74) is 8.72. The van der Waals surface area contributed by atoms with E-state index in [1.165, 1.54) is 11.1 Å². The molecule has 2 aromatic carbocycles. The molecule has 1 aliphatic heterocycles. The van der Waals surface area contributed by atoms with E-state index in [4.69, 9.17) is 35.4 Å². The topological polar surface area (TPSA) is 33.1 Å². The average Bonchev–Trinajstić information content (AvgIpc) is 3.32. The molecule has 1 N–H and O–H groups in total. The third kappa shape index (κ3) is 4.22. The van der Waals surface area contributed by atoms with Crippen molar-refractivity contribution in [2.24, 2.45) is 0 Å². The summed E-state index contributed by atoms with van der Waals surface area (Å²) in [4.78, 5) is 6.90. The summed E-state index contributed by atoms with van der Waals surface area (Å²) in [5, 5.41) is 5.46. The van der Waals surface area contributed by atoms with Gasteiger partial charge >= 0.3 is 0 Å². The van der Waals surface area contributed by atoms with Crippen molar-refractivity contribution in [1.29, 1.82) is 0 Å². The van der Waals surface area contributed by atoms with Crippen molar-refractivity contribution in [3.05, 3.63) is 111 Å². The number of hydrogen-bond acceptors (Lipinski definition) is 2. The molecule has 5 rings (SSSR count). The number of rotatable bonds is 4. The molecule has 2 atom stereocenters. The summed E-state index contributed by atoms with van der Waals surface area (Å²) in [5.74, 6) is 0. The number of anilines is 1. The zero-order chi connectivity index (χ0) is 24.9. The van der Waals surface area contributed by atoms with Gasteiger partial charge in [0.2, 0.25) is 0 Å². The van der Waals surface area contributed by atoms with Crippen LogP contribution in [-0.4, -0.2) is 14.7 Å². The number of halogens is 2. The van der Waals surface area contributed by atoms with E-state index < -0.39 is 0 Å². The van der Waals surface area contributed by atoms with Gasteiger partial charge in [-0.3, -0.25) is 4.98 Å². The van der Waals surface area contributed by atoms with Crippen LogP contribution < -0.4 is 10.2 Å². The highest BCUT2D eigenvalue weighted by molar-refractivity contribution is 7.80. The van der Waals surface area contributed by atoms with Gasteiger partial charge in [0.05, 0.1) is 28.5 Å². The summed E-state index contributed by atoms with van der Waals surface area (Å²) >= 11 is 18.7. The van der Waals surface area contributed by atoms with E-state index >= 15 is 0 Å². The molecule has 4 nitrogen and oxygen atoms in total. The van der Waals surface area contributed by atoms with Crippen LogP contribution in [-0.2, 0) is 0 Å². The molecule has 178 valence electrons. The molecule has 4 aromatic rings. The fourth-order valence-electron chi connectivity index (χ4n) is 4.94. The van der Waals surface area contributed by atoms with Crippen molar-refractivity contribution in [3.63, 3.8) is 0 Å². The first-order valence-electron chi connectivity index (χ1n) is 11.5. The monoisotopic (exact) mass is 520 g/mol. The van der Waals surface area contributed by atoms with Crippen LogP contribution in [0.2, 0.25) is 10.0 Å². The van der Waals surface area contributed by atoms with Crippen molar-refractivity contribution in [1.82, 2.24) is 14.9 Å². The van der Waals surface area contributed by atoms with Gasteiger partial charge in [0, 0.05) is 28.3 Å². The second-order valence-electron chi connectivity index (χ2n) is 9.02. The van der Waals surface area contributed by atoms with Crippen LogP contribution in [0.4, 0.5) is 5.69 Å². The van der Waals surface area contributed by atoms with E-state index in [9.17, 15) is 0 Å². The zero-order valence-corrected chi connectivity index (χ0v) is 22.3. The molecule has 0 spiro atoms. The van der Waals surface area contributed by atoms with Gasteiger partial charge in [-0.2, -0.15) is 0 Å². The standard InChI is InChI=1S/C28H26Cl2N4S/c1-16-8-10-21(13-17(16)2)34-27(26(32-28(34)35)24-7-5-6-12-31-24)22-14-18(3)33(19(22)4)25-11-9-20(29)15-23(25)30/h5-15,26-27H,1-4H3,(H,32,35)/t26-,27-/m0/s1. The predicted molar refractivity (Wildman–Crippen MR) is 149 cm³/mol. The van der Waals surface area contributed by atoms with Gasteiger partial charge in [0.25, 0.3) is 0 Å². The van der Waals surface area contributed by atoms with Gasteiger partial charge in [0.1, 0.15) is 0 Å². The van der Waals surface area contributed by atoms with Crippen LogP contribution in [0.3, 0.4) is 0 Å². The lowest BCUT2D eigenvalue weighted by molar-refractivity contribution is 0.565. The number of pyridine rings is 1. The summed E-state index contributed by atoms with van der Waals surface area (Å²) in [7, 11) is 0. The summed E-state index contributed by atoms with van der Waals surface area (Å²) in [6, 6.07) is 20.1. The van der Waals surface area contributed by atoms with E-state index in [1.54, 1.807) is 6.07 Å². The van der Waals surface area contributed by atoms with Crippen molar-refractivity contribution >= 4 is 46.2 Å². The van der Waals surface area contributed by atoms with E-state index in [0.717, 1.165) is 34.0 Å². The minimum atomic E-state index is -0.111. The van der Waals surface area contributed by atoms with Gasteiger partial charge in [0.15, 0.2) is 5.11 Å². The second kappa shape index (κ2) is 9.30. The minimum Gasteiger partial charge on any atom is -0.351 e. The quantitative estimate of drug-likeness (QED) is 0.281. The van der Waals surface area contributed by atoms with Gasteiger partial charge in [-0.05, 0) is 105 Å². The van der Waals surface area contributed by atoms with Gasteiger partial charge < -0.3 is 14.8 Å². The van der Waals surface area contributed by atoms with Gasteiger partial charge in [-0.1, -0.05) is 35.3 Å². The molecule has 3 heterocycles. The van der Waals surface area contributed by atoms with Gasteiger partial charge in [-0.15, -0.1) is 0 Å². The first-order valence-corrected chi connectivity index (χ1v) is 12.6. The fourth-order valence-corrected chi connectivity index (χ4v) is 5.78. The Morgan fingerprint density at radius 3 is 2.40 bits per heavy atom. The van der Waals surface area contributed by atoms with Gasteiger partial charge in [-0.25, -0.2) is 0 Å². The molecule has 0 saturated carbocycles. The maximum Gasteiger partial charge on any atom is 0.174 e. The fraction of sp³-hybridized carbons (Fsp3) is 0.214. The average molecular weight is 522 g/mol.